The summed E-state index contributed by atoms with van der Waals surface area (Å²) in [5, 5.41) is 23.2. The van der Waals surface area contributed by atoms with Crippen molar-refractivity contribution < 1.29 is 15.0 Å². The van der Waals surface area contributed by atoms with Crippen LogP contribution in [0.2, 0.25) is 0 Å². The van der Waals surface area contributed by atoms with E-state index in [1.54, 1.807) is 6.08 Å². The van der Waals surface area contributed by atoms with Gasteiger partial charge in [-0.15, -0.1) is 0 Å². The lowest BCUT2D eigenvalue weighted by Gasteiger charge is -2.19. The molecule has 458 valence electrons. The quantitative estimate of drug-likeness (QED) is 0.0420. The molecule has 0 bridgehead atoms. The molecule has 0 spiro atoms. The number of amides is 1. The molecule has 0 aromatic heterocycles. The first-order valence-corrected chi connectivity index (χ1v) is 33.8. The first-order valence-electron chi connectivity index (χ1n) is 33.8. The second kappa shape index (κ2) is 70.0. The number of aliphatic hydroxyl groups is 2. The molecule has 0 saturated heterocycles. The van der Waals surface area contributed by atoms with E-state index in [0.29, 0.717) is 6.42 Å². The maximum atomic E-state index is 12.5. The average molecular weight is 1110 g/mol. The number of hydrogen-bond donors (Lipinski definition) is 3. The number of aliphatic hydroxyl groups excluding tert-OH is 2. The Morgan fingerprint density at radius 1 is 0.309 bits per heavy atom. The van der Waals surface area contributed by atoms with Gasteiger partial charge in [0.2, 0.25) is 5.91 Å². The summed E-state index contributed by atoms with van der Waals surface area (Å²) < 4.78 is 0. The van der Waals surface area contributed by atoms with Crippen molar-refractivity contribution in [1.82, 2.24) is 5.32 Å². The number of rotatable bonds is 60. The summed E-state index contributed by atoms with van der Waals surface area (Å²) in [6.45, 7) is 4.18. The predicted molar refractivity (Wildman–Crippen MR) is 363 cm³/mol. The summed E-state index contributed by atoms with van der Waals surface area (Å²) in [5.74, 6) is -0.102. The molecule has 0 radical (unpaired) electrons. The lowest BCUT2D eigenvalue weighted by Crippen LogP contribution is -2.45. The Labute approximate surface area is 502 Å². The summed E-state index contributed by atoms with van der Waals surface area (Å²) in [6.07, 6.45) is 113. The van der Waals surface area contributed by atoms with Gasteiger partial charge < -0.3 is 15.5 Å². The minimum Gasteiger partial charge on any atom is -0.394 e. The van der Waals surface area contributed by atoms with Gasteiger partial charge in [0.25, 0.3) is 0 Å². The molecule has 4 nitrogen and oxygen atoms in total. The molecule has 0 aromatic carbocycles. The molecule has 0 heterocycles. The van der Waals surface area contributed by atoms with Gasteiger partial charge in [-0.3, -0.25) is 4.79 Å². The molecular formula is C77H127NO3. The summed E-state index contributed by atoms with van der Waals surface area (Å²) in [6, 6.07) is -0.671. The average Bonchev–Trinajstić information content (AvgIpc) is 3.47. The number of hydrogen-bond acceptors (Lipinski definition) is 3. The van der Waals surface area contributed by atoms with E-state index in [1.165, 1.54) is 141 Å². The van der Waals surface area contributed by atoms with Gasteiger partial charge in [-0.05, 0) is 128 Å². The van der Waals surface area contributed by atoms with Crippen LogP contribution in [-0.4, -0.2) is 34.9 Å². The molecular weight excluding hydrogens is 987 g/mol. The van der Waals surface area contributed by atoms with E-state index in [-0.39, 0.29) is 12.5 Å². The van der Waals surface area contributed by atoms with E-state index >= 15 is 0 Å². The first kappa shape index (κ1) is 76.8. The highest BCUT2D eigenvalue weighted by molar-refractivity contribution is 5.76. The zero-order chi connectivity index (χ0) is 58.4. The standard InChI is InChI=1S/C77H127NO3/c1-3-5-7-9-11-13-15-17-19-21-23-25-27-29-31-33-35-36-37-38-39-40-41-42-43-45-47-49-51-53-55-57-59-61-63-65-67-69-71-73-77(81)78-75(74-79)76(80)72-70-68-66-64-62-60-58-56-54-52-50-48-46-44-34-32-30-28-26-24-22-20-18-16-14-12-10-8-6-4-2/h5,7,11,13,17,19,23,25,29,31,35-36,38-39,41-42,45,47,51,53-54,56-57,59,62,64,70,72,75-76,79-80H,3-4,6,8-10,12,14-16,18,20-22,24,26-28,30,32-34,37,40,43-44,46,48-50,52,55,58,60-61,63,65-69,71,73-74H2,1-2H3,(H,78,81)/b7-5-,13-11-,19-17-,25-23-,31-29-,36-35-,39-38-,42-41-,47-45-,53-51-,56-54+,59-57-,64-62+,72-70+. The van der Waals surface area contributed by atoms with Crippen LogP contribution in [0.5, 0.6) is 0 Å². The Bertz CT molecular complexity index is 1740. The molecule has 81 heavy (non-hydrogen) atoms. The van der Waals surface area contributed by atoms with Gasteiger partial charge in [-0.2, -0.15) is 0 Å². The Morgan fingerprint density at radius 2 is 0.556 bits per heavy atom. The van der Waals surface area contributed by atoms with Gasteiger partial charge in [0.05, 0.1) is 18.8 Å². The van der Waals surface area contributed by atoms with E-state index in [0.717, 1.165) is 128 Å². The molecule has 0 aromatic rings. The molecule has 4 heteroatoms. The number of nitrogens with one attached hydrogen (secondary N) is 1. The van der Waals surface area contributed by atoms with Crippen molar-refractivity contribution in [2.24, 2.45) is 0 Å². The fraction of sp³-hybridized carbons (Fsp3) is 0.623. The first-order chi connectivity index (χ1) is 40.2. The SMILES string of the molecule is CC/C=C\C/C=C\C/C=C\C/C=C\C/C=C\C/C=C\C/C=C\C/C=C\C/C=C\C/C=C\C/C=C\CCCCCCCC(=O)NC(CO)C(O)/C=C/CC/C=C/CC/C=C/CCCCCCCCCCCCCCCCCCCCCC. The van der Waals surface area contributed by atoms with Crippen LogP contribution in [0, 0.1) is 0 Å². The molecule has 0 aliphatic carbocycles. The fourth-order valence-corrected chi connectivity index (χ4v) is 9.33. The third-order valence-electron chi connectivity index (χ3n) is 14.4. The van der Waals surface area contributed by atoms with Gasteiger partial charge in [0.1, 0.15) is 0 Å². The van der Waals surface area contributed by atoms with E-state index in [9.17, 15) is 15.0 Å². The molecule has 3 N–H and O–H groups in total. The lowest BCUT2D eigenvalue weighted by molar-refractivity contribution is -0.123. The molecule has 0 fully saturated rings. The smallest absolute Gasteiger partial charge is 0.220 e. The van der Waals surface area contributed by atoms with Crippen LogP contribution >= 0.6 is 0 Å². The zero-order valence-corrected chi connectivity index (χ0v) is 52.7. The second-order valence-corrected chi connectivity index (χ2v) is 22.1. The Kier molecular flexibility index (Phi) is 66.3. The highest BCUT2D eigenvalue weighted by Gasteiger charge is 2.18. The van der Waals surface area contributed by atoms with E-state index < -0.39 is 12.1 Å². The van der Waals surface area contributed by atoms with Crippen LogP contribution in [0.4, 0.5) is 0 Å². The molecule has 2 atom stereocenters. The fourth-order valence-electron chi connectivity index (χ4n) is 9.33. The van der Waals surface area contributed by atoms with Crippen LogP contribution in [0.15, 0.2) is 170 Å². The van der Waals surface area contributed by atoms with Gasteiger partial charge in [0.15, 0.2) is 0 Å². The number of unbranched alkanes of at least 4 members (excludes halogenated alkanes) is 27. The minimum atomic E-state index is -0.893. The lowest BCUT2D eigenvalue weighted by atomic mass is 10.0. The number of allylic oxidation sites excluding steroid dienone is 27. The van der Waals surface area contributed by atoms with Gasteiger partial charge >= 0.3 is 0 Å². The molecule has 0 saturated carbocycles. The van der Waals surface area contributed by atoms with Crippen molar-refractivity contribution in [3.8, 4) is 0 Å². The third kappa shape index (κ3) is 66.4. The second-order valence-electron chi connectivity index (χ2n) is 22.1. The van der Waals surface area contributed by atoms with Gasteiger partial charge in [0, 0.05) is 6.42 Å². The molecule has 0 aliphatic heterocycles. The van der Waals surface area contributed by atoms with Crippen molar-refractivity contribution in [3.63, 3.8) is 0 Å². The van der Waals surface area contributed by atoms with Crippen molar-refractivity contribution in [2.75, 3.05) is 6.61 Å². The topological polar surface area (TPSA) is 69.6 Å². The minimum absolute atomic E-state index is 0.102. The maximum absolute atomic E-state index is 12.5. The monoisotopic (exact) mass is 1110 g/mol. The van der Waals surface area contributed by atoms with Crippen molar-refractivity contribution in [3.05, 3.63) is 170 Å². The van der Waals surface area contributed by atoms with Gasteiger partial charge in [-0.1, -0.05) is 325 Å². The van der Waals surface area contributed by atoms with Crippen molar-refractivity contribution >= 4 is 5.91 Å². The van der Waals surface area contributed by atoms with E-state index in [1.807, 2.05) is 6.08 Å². The van der Waals surface area contributed by atoms with Crippen molar-refractivity contribution in [1.29, 1.82) is 0 Å². The summed E-state index contributed by atoms with van der Waals surface area (Å²) in [5.41, 5.74) is 0. The van der Waals surface area contributed by atoms with Crippen molar-refractivity contribution in [2.45, 2.75) is 302 Å². The summed E-state index contributed by atoms with van der Waals surface area (Å²) in [4.78, 5) is 12.5. The number of carbonyl (C=O) groups is 1. The highest BCUT2D eigenvalue weighted by Crippen LogP contribution is 2.16. The summed E-state index contributed by atoms with van der Waals surface area (Å²) >= 11 is 0. The van der Waals surface area contributed by atoms with Crippen LogP contribution in [0.25, 0.3) is 0 Å². The summed E-state index contributed by atoms with van der Waals surface area (Å²) in [7, 11) is 0. The molecule has 2 unspecified atom stereocenters. The van der Waals surface area contributed by atoms with E-state index in [2.05, 4.69) is 177 Å². The van der Waals surface area contributed by atoms with Gasteiger partial charge in [-0.25, -0.2) is 0 Å². The zero-order valence-electron chi connectivity index (χ0n) is 52.7. The Hall–Kier alpha value is -4.25. The molecule has 0 rings (SSSR count). The maximum Gasteiger partial charge on any atom is 0.220 e. The molecule has 1 amide bonds. The van der Waals surface area contributed by atoms with Crippen LogP contribution < -0.4 is 5.32 Å². The molecule has 0 aliphatic rings. The van der Waals surface area contributed by atoms with Crippen LogP contribution in [-0.2, 0) is 4.79 Å². The normalized spacial score (nSPS) is 13.9. The predicted octanol–water partition coefficient (Wildman–Crippen LogP) is 23.4. The van der Waals surface area contributed by atoms with E-state index in [4.69, 9.17) is 0 Å². The largest absolute Gasteiger partial charge is 0.394 e. The van der Waals surface area contributed by atoms with Crippen LogP contribution in [0.3, 0.4) is 0 Å². The number of carbonyl (C=O) groups excluding carboxylic acids is 1. The third-order valence-corrected chi connectivity index (χ3v) is 14.4. The van der Waals surface area contributed by atoms with Crippen LogP contribution in [0.1, 0.15) is 290 Å². The Morgan fingerprint density at radius 3 is 0.864 bits per heavy atom. The highest BCUT2D eigenvalue weighted by atomic mass is 16.3. The Balaban J connectivity index is 3.68.